The average Bonchev–Trinajstić information content (AvgIpc) is 2.56. The topological polar surface area (TPSA) is 64.6 Å². The van der Waals surface area contributed by atoms with Crippen LogP contribution in [0, 0.1) is 11.6 Å². The highest BCUT2D eigenvalue weighted by Gasteiger charge is 2.14. The Morgan fingerprint density at radius 1 is 0.957 bits per heavy atom. The van der Waals surface area contributed by atoms with Gasteiger partial charge in [-0.15, -0.1) is 0 Å². The van der Waals surface area contributed by atoms with Crippen molar-refractivity contribution in [3.63, 3.8) is 0 Å². The predicted octanol–water partition coefficient (Wildman–Crippen LogP) is 3.01. The summed E-state index contributed by atoms with van der Waals surface area (Å²) >= 11 is 0. The summed E-state index contributed by atoms with van der Waals surface area (Å²) < 4.78 is 36.5. The fourth-order valence-corrected chi connectivity index (χ4v) is 1.86. The molecule has 0 atom stereocenters. The summed E-state index contributed by atoms with van der Waals surface area (Å²) in [6.07, 6.45) is 0. The molecule has 0 aliphatic heterocycles. The number of ether oxygens (including phenoxy) is 2. The van der Waals surface area contributed by atoms with E-state index in [-0.39, 0.29) is 22.6 Å². The number of carbonyl (C=O) groups excluding carboxylic acids is 2. The fourth-order valence-electron chi connectivity index (χ4n) is 1.86. The lowest BCUT2D eigenvalue weighted by atomic mass is 10.1. The van der Waals surface area contributed by atoms with Gasteiger partial charge in [0.25, 0.3) is 5.91 Å². The van der Waals surface area contributed by atoms with Crippen LogP contribution in [0.1, 0.15) is 20.7 Å². The number of hydrogen-bond donors (Lipinski definition) is 1. The van der Waals surface area contributed by atoms with Crippen LogP contribution in [-0.2, 0) is 4.74 Å². The van der Waals surface area contributed by atoms with Gasteiger partial charge in [-0.05, 0) is 36.4 Å². The van der Waals surface area contributed by atoms with Gasteiger partial charge in [0.15, 0.2) is 11.6 Å². The highest BCUT2D eigenvalue weighted by atomic mass is 19.1. The van der Waals surface area contributed by atoms with Gasteiger partial charge in [-0.25, -0.2) is 13.6 Å². The fraction of sp³-hybridized carbons (Fsp3) is 0.125. The molecule has 2 aromatic carbocycles. The van der Waals surface area contributed by atoms with E-state index in [4.69, 9.17) is 4.74 Å². The maximum absolute atomic E-state index is 13.9. The third kappa shape index (κ3) is 3.63. The Labute approximate surface area is 130 Å². The number of esters is 1. The minimum atomic E-state index is -0.796. The first-order chi connectivity index (χ1) is 11.0. The van der Waals surface area contributed by atoms with Crippen LogP contribution in [-0.4, -0.2) is 26.1 Å². The van der Waals surface area contributed by atoms with Crippen LogP contribution < -0.4 is 10.1 Å². The zero-order valence-corrected chi connectivity index (χ0v) is 12.4. The van der Waals surface area contributed by atoms with Crippen LogP contribution in [0.4, 0.5) is 14.5 Å². The summed E-state index contributed by atoms with van der Waals surface area (Å²) in [5, 5.41) is 2.34. The van der Waals surface area contributed by atoms with Gasteiger partial charge in [-0.1, -0.05) is 0 Å². The summed E-state index contributed by atoms with van der Waals surface area (Å²) in [7, 11) is 2.45. The average molecular weight is 321 g/mol. The molecule has 7 heteroatoms. The second-order valence-electron chi connectivity index (χ2n) is 4.49. The lowest BCUT2D eigenvalue weighted by Crippen LogP contribution is -2.14. The van der Waals surface area contributed by atoms with Crippen LogP contribution >= 0.6 is 0 Å². The van der Waals surface area contributed by atoms with Gasteiger partial charge >= 0.3 is 5.97 Å². The van der Waals surface area contributed by atoms with E-state index in [0.717, 1.165) is 12.1 Å². The third-order valence-corrected chi connectivity index (χ3v) is 3.05. The van der Waals surface area contributed by atoms with E-state index in [1.54, 1.807) is 0 Å². The van der Waals surface area contributed by atoms with E-state index < -0.39 is 23.5 Å². The number of nitrogens with one attached hydrogen (secondary N) is 1. The van der Waals surface area contributed by atoms with Gasteiger partial charge in [-0.3, -0.25) is 4.79 Å². The Balaban J connectivity index is 2.22. The largest absolute Gasteiger partial charge is 0.494 e. The highest BCUT2D eigenvalue weighted by molar-refractivity contribution is 6.04. The second kappa shape index (κ2) is 6.87. The summed E-state index contributed by atoms with van der Waals surface area (Å²) in [6.45, 7) is 0. The van der Waals surface area contributed by atoms with Gasteiger partial charge in [0.2, 0.25) is 0 Å². The number of halogens is 2. The number of hydrogen-bond acceptors (Lipinski definition) is 4. The molecule has 0 aromatic heterocycles. The normalized spacial score (nSPS) is 10.1. The van der Waals surface area contributed by atoms with E-state index >= 15 is 0 Å². The van der Waals surface area contributed by atoms with Crippen molar-refractivity contribution in [2.45, 2.75) is 0 Å². The molecule has 5 nitrogen and oxygen atoms in total. The predicted molar refractivity (Wildman–Crippen MR) is 78.6 cm³/mol. The zero-order valence-electron chi connectivity index (χ0n) is 12.4. The molecule has 0 aliphatic rings. The molecule has 120 valence electrons. The molecule has 2 rings (SSSR count). The first-order valence-electron chi connectivity index (χ1n) is 6.49. The van der Waals surface area contributed by atoms with Crippen molar-refractivity contribution in [3.8, 4) is 5.75 Å². The van der Waals surface area contributed by atoms with Crippen molar-refractivity contribution >= 4 is 17.6 Å². The molecule has 0 heterocycles. The van der Waals surface area contributed by atoms with Crippen LogP contribution in [0.2, 0.25) is 0 Å². The molecule has 23 heavy (non-hydrogen) atoms. The van der Waals surface area contributed by atoms with Gasteiger partial charge < -0.3 is 14.8 Å². The number of anilines is 1. The van der Waals surface area contributed by atoms with Crippen LogP contribution in [0.5, 0.6) is 5.75 Å². The standard InChI is InChI=1S/C16H13F2NO4/c1-22-14-8-9(3-5-11(14)17)15(20)19-13-6-4-10(7-12(13)18)16(21)23-2/h3-8H,1-2H3,(H,19,20). The Hall–Kier alpha value is -2.96. The number of carbonyl (C=O) groups is 2. The zero-order chi connectivity index (χ0) is 17.0. The highest BCUT2D eigenvalue weighted by Crippen LogP contribution is 2.21. The second-order valence-corrected chi connectivity index (χ2v) is 4.49. The lowest BCUT2D eigenvalue weighted by molar-refractivity contribution is 0.0600. The molecule has 0 bridgehead atoms. The van der Waals surface area contributed by atoms with Gasteiger partial charge in [-0.2, -0.15) is 0 Å². The van der Waals surface area contributed by atoms with E-state index in [9.17, 15) is 18.4 Å². The molecule has 1 amide bonds. The molecule has 0 saturated heterocycles. The van der Waals surface area contributed by atoms with Crippen LogP contribution in [0.15, 0.2) is 36.4 Å². The van der Waals surface area contributed by atoms with Crippen molar-refractivity contribution < 1.29 is 27.8 Å². The van der Waals surface area contributed by atoms with E-state index in [0.29, 0.717) is 0 Å². The van der Waals surface area contributed by atoms with Crippen LogP contribution in [0.25, 0.3) is 0 Å². The smallest absolute Gasteiger partial charge is 0.337 e. The maximum atomic E-state index is 13.9. The van der Waals surface area contributed by atoms with Crippen molar-refractivity contribution in [3.05, 3.63) is 59.2 Å². The van der Waals surface area contributed by atoms with Crippen molar-refractivity contribution in [2.24, 2.45) is 0 Å². The first-order valence-corrected chi connectivity index (χ1v) is 6.49. The molecular formula is C16H13F2NO4. The number of rotatable bonds is 4. The minimum absolute atomic E-state index is 0.0199. The summed E-state index contributed by atoms with van der Waals surface area (Å²) in [5.74, 6) is -2.84. The molecule has 0 fully saturated rings. The number of methoxy groups -OCH3 is 2. The van der Waals surface area contributed by atoms with E-state index in [1.165, 1.54) is 38.5 Å². The van der Waals surface area contributed by atoms with E-state index in [2.05, 4.69) is 10.1 Å². The van der Waals surface area contributed by atoms with Crippen molar-refractivity contribution in [1.82, 2.24) is 0 Å². The van der Waals surface area contributed by atoms with E-state index in [1.807, 2.05) is 0 Å². The Kier molecular flexibility index (Phi) is 4.90. The molecular weight excluding hydrogens is 308 g/mol. The molecule has 2 aromatic rings. The van der Waals surface area contributed by atoms with Gasteiger partial charge in [0, 0.05) is 5.56 Å². The third-order valence-electron chi connectivity index (χ3n) is 3.05. The molecule has 1 N–H and O–H groups in total. The summed E-state index contributed by atoms with van der Waals surface area (Å²) in [4.78, 5) is 23.4. The lowest BCUT2D eigenvalue weighted by Gasteiger charge is -2.09. The Morgan fingerprint density at radius 3 is 2.26 bits per heavy atom. The molecule has 0 saturated carbocycles. The maximum Gasteiger partial charge on any atom is 0.337 e. The Bertz CT molecular complexity index is 762. The quantitative estimate of drug-likeness (QED) is 0.879. The SMILES string of the molecule is COC(=O)c1ccc(NC(=O)c2ccc(F)c(OC)c2)c(F)c1. The summed E-state index contributed by atoms with van der Waals surface area (Å²) in [6, 6.07) is 7.02. The summed E-state index contributed by atoms with van der Waals surface area (Å²) in [5.41, 5.74) is -0.00269. The first kappa shape index (κ1) is 16.4. The molecule has 0 unspecified atom stereocenters. The molecule has 0 spiro atoms. The van der Waals surface area contributed by atoms with Gasteiger partial charge in [0.05, 0.1) is 25.5 Å². The molecule has 0 radical (unpaired) electrons. The Morgan fingerprint density at radius 2 is 1.65 bits per heavy atom. The van der Waals surface area contributed by atoms with Crippen molar-refractivity contribution in [2.75, 3.05) is 19.5 Å². The number of benzene rings is 2. The molecule has 0 aliphatic carbocycles. The van der Waals surface area contributed by atoms with Gasteiger partial charge in [0.1, 0.15) is 5.82 Å². The number of amides is 1. The monoisotopic (exact) mass is 321 g/mol. The van der Waals surface area contributed by atoms with Crippen LogP contribution in [0.3, 0.4) is 0 Å². The van der Waals surface area contributed by atoms with Crippen molar-refractivity contribution in [1.29, 1.82) is 0 Å². The minimum Gasteiger partial charge on any atom is -0.494 e.